The van der Waals surface area contributed by atoms with E-state index in [1.165, 1.54) is 17.4 Å². The standard InChI is InChI=1S/C21H16FN3OS2/c1-12-6-7-14(11-16(12)22)24-21(27)23-13-8-9-18(26)15(10-13)20-25-17-4-2-3-5-19(17)28-20/h2-11,26H,1H3,(H2,23,24,27). The maximum absolute atomic E-state index is 13.7. The largest absolute Gasteiger partial charge is 0.507 e. The van der Waals surface area contributed by atoms with Crippen LogP contribution in [0, 0.1) is 12.7 Å². The lowest BCUT2D eigenvalue weighted by atomic mass is 10.2. The summed E-state index contributed by atoms with van der Waals surface area (Å²) in [6.07, 6.45) is 0. The minimum Gasteiger partial charge on any atom is -0.507 e. The molecule has 0 atom stereocenters. The van der Waals surface area contributed by atoms with Gasteiger partial charge in [-0.3, -0.25) is 0 Å². The Hall–Kier alpha value is -3.03. The van der Waals surface area contributed by atoms with Gasteiger partial charge in [0.05, 0.1) is 15.8 Å². The highest BCUT2D eigenvalue weighted by atomic mass is 32.1. The summed E-state index contributed by atoms with van der Waals surface area (Å²) < 4.78 is 14.7. The highest BCUT2D eigenvalue weighted by Gasteiger charge is 2.12. The summed E-state index contributed by atoms with van der Waals surface area (Å²) in [5.74, 6) is -0.153. The molecule has 0 aliphatic heterocycles. The number of aromatic nitrogens is 1. The zero-order valence-corrected chi connectivity index (χ0v) is 16.5. The van der Waals surface area contributed by atoms with Crippen LogP contribution < -0.4 is 10.6 Å². The highest BCUT2D eigenvalue weighted by molar-refractivity contribution is 7.80. The number of rotatable bonds is 3. The normalized spacial score (nSPS) is 10.8. The molecule has 4 aromatic rings. The first-order valence-corrected chi connectivity index (χ1v) is 9.75. The molecule has 0 fully saturated rings. The third-order valence-electron chi connectivity index (χ3n) is 4.21. The molecule has 0 unspecified atom stereocenters. The fourth-order valence-corrected chi connectivity index (χ4v) is 3.96. The fraction of sp³-hybridized carbons (Fsp3) is 0.0476. The van der Waals surface area contributed by atoms with Gasteiger partial charge in [0, 0.05) is 11.4 Å². The Labute approximate surface area is 170 Å². The van der Waals surface area contributed by atoms with Crippen LogP contribution in [0.2, 0.25) is 0 Å². The number of fused-ring (bicyclic) bond motifs is 1. The van der Waals surface area contributed by atoms with Crippen molar-refractivity contribution in [3.05, 3.63) is 72.0 Å². The minimum absolute atomic E-state index is 0.143. The predicted octanol–water partition coefficient (Wildman–Crippen LogP) is 5.93. The second kappa shape index (κ2) is 7.53. The SMILES string of the molecule is Cc1ccc(NC(=S)Nc2ccc(O)c(-c3nc4ccccc4s3)c2)cc1F. The van der Waals surface area contributed by atoms with Crippen molar-refractivity contribution in [3.63, 3.8) is 0 Å². The number of aromatic hydroxyl groups is 1. The first-order valence-electron chi connectivity index (χ1n) is 8.53. The quantitative estimate of drug-likeness (QED) is 0.289. The van der Waals surface area contributed by atoms with Crippen molar-refractivity contribution in [2.45, 2.75) is 6.92 Å². The summed E-state index contributed by atoms with van der Waals surface area (Å²) in [6.45, 7) is 1.70. The van der Waals surface area contributed by atoms with E-state index >= 15 is 0 Å². The van der Waals surface area contributed by atoms with Gasteiger partial charge in [-0.2, -0.15) is 0 Å². The number of halogens is 1. The Bertz CT molecular complexity index is 1160. The van der Waals surface area contributed by atoms with Gasteiger partial charge < -0.3 is 15.7 Å². The van der Waals surface area contributed by atoms with Crippen molar-refractivity contribution in [3.8, 4) is 16.3 Å². The molecule has 0 saturated heterocycles. The van der Waals surface area contributed by atoms with Gasteiger partial charge in [-0.25, -0.2) is 9.37 Å². The summed E-state index contributed by atoms with van der Waals surface area (Å²) in [6, 6.07) is 17.8. The van der Waals surface area contributed by atoms with Gasteiger partial charge in [0.1, 0.15) is 16.6 Å². The smallest absolute Gasteiger partial charge is 0.175 e. The third kappa shape index (κ3) is 3.81. The second-order valence-electron chi connectivity index (χ2n) is 6.26. The zero-order valence-electron chi connectivity index (χ0n) is 14.9. The number of thiazole rings is 1. The van der Waals surface area contributed by atoms with E-state index in [9.17, 15) is 9.50 Å². The van der Waals surface area contributed by atoms with Gasteiger partial charge in [0.15, 0.2) is 5.11 Å². The average Bonchev–Trinajstić information content (AvgIpc) is 3.10. The Kier molecular flexibility index (Phi) is 4.93. The van der Waals surface area contributed by atoms with Crippen molar-refractivity contribution in [2.75, 3.05) is 10.6 Å². The first-order chi connectivity index (χ1) is 13.5. The Morgan fingerprint density at radius 2 is 1.75 bits per heavy atom. The maximum Gasteiger partial charge on any atom is 0.175 e. The summed E-state index contributed by atoms with van der Waals surface area (Å²) in [4.78, 5) is 4.59. The van der Waals surface area contributed by atoms with Crippen molar-refractivity contribution in [1.29, 1.82) is 0 Å². The summed E-state index contributed by atoms with van der Waals surface area (Å²) in [5, 5.41) is 17.4. The van der Waals surface area contributed by atoms with Gasteiger partial charge in [0.2, 0.25) is 0 Å². The molecule has 1 aromatic heterocycles. The Morgan fingerprint density at radius 1 is 1.04 bits per heavy atom. The van der Waals surface area contributed by atoms with E-state index in [4.69, 9.17) is 12.2 Å². The molecule has 140 valence electrons. The number of anilines is 2. The molecule has 0 radical (unpaired) electrons. The lowest BCUT2D eigenvalue weighted by Gasteiger charge is -2.12. The van der Waals surface area contributed by atoms with E-state index in [1.807, 2.05) is 24.3 Å². The molecule has 28 heavy (non-hydrogen) atoms. The highest BCUT2D eigenvalue weighted by Crippen LogP contribution is 2.36. The van der Waals surface area contributed by atoms with E-state index in [-0.39, 0.29) is 11.6 Å². The molecule has 0 spiro atoms. The summed E-state index contributed by atoms with van der Waals surface area (Å²) >= 11 is 6.83. The van der Waals surface area contributed by atoms with Crippen LogP contribution >= 0.6 is 23.6 Å². The van der Waals surface area contributed by atoms with Gasteiger partial charge in [-0.15, -0.1) is 11.3 Å². The molecule has 0 aliphatic rings. The van der Waals surface area contributed by atoms with Crippen molar-refractivity contribution in [1.82, 2.24) is 4.98 Å². The molecule has 0 aliphatic carbocycles. The number of nitrogens with one attached hydrogen (secondary N) is 2. The topological polar surface area (TPSA) is 57.2 Å². The molecule has 4 rings (SSSR count). The number of phenols is 1. The van der Waals surface area contributed by atoms with Crippen LogP contribution in [0.3, 0.4) is 0 Å². The fourth-order valence-electron chi connectivity index (χ4n) is 2.74. The maximum atomic E-state index is 13.7. The van der Waals surface area contributed by atoms with E-state index < -0.39 is 0 Å². The molecular formula is C21H16FN3OS2. The lowest BCUT2D eigenvalue weighted by Crippen LogP contribution is -2.19. The zero-order chi connectivity index (χ0) is 19.7. The van der Waals surface area contributed by atoms with Crippen LogP contribution in [0.5, 0.6) is 5.75 Å². The number of benzene rings is 3. The number of aryl methyl sites for hydroxylation is 1. The lowest BCUT2D eigenvalue weighted by molar-refractivity contribution is 0.477. The van der Waals surface area contributed by atoms with Crippen LogP contribution in [0.1, 0.15) is 5.56 Å². The van der Waals surface area contributed by atoms with Crippen LogP contribution in [0.25, 0.3) is 20.8 Å². The number of para-hydroxylation sites is 1. The molecule has 0 saturated carbocycles. The Morgan fingerprint density at radius 3 is 2.50 bits per heavy atom. The second-order valence-corrected chi connectivity index (χ2v) is 7.70. The van der Waals surface area contributed by atoms with Crippen molar-refractivity contribution >= 4 is 50.3 Å². The van der Waals surface area contributed by atoms with E-state index in [0.717, 1.165) is 15.2 Å². The summed E-state index contributed by atoms with van der Waals surface area (Å²) in [5.41, 5.74) is 3.33. The molecule has 1 heterocycles. The predicted molar refractivity (Wildman–Crippen MR) is 118 cm³/mol. The van der Waals surface area contributed by atoms with E-state index in [0.29, 0.717) is 27.6 Å². The van der Waals surface area contributed by atoms with Crippen LogP contribution in [-0.4, -0.2) is 15.2 Å². The Balaban J connectivity index is 1.56. The molecule has 0 bridgehead atoms. The van der Waals surface area contributed by atoms with Crippen molar-refractivity contribution in [2.24, 2.45) is 0 Å². The summed E-state index contributed by atoms with van der Waals surface area (Å²) in [7, 11) is 0. The number of thiocarbonyl (C=S) groups is 1. The van der Waals surface area contributed by atoms with Gasteiger partial charge in [-0.1, -0.05) is 18.2 Å². The van der Waals surface area contributed by atoms with Crippen LogP contribution in [0.4, 0.5) is 15.8 Å². The van der Waals surface area contributed by atoms with Gasteiger partial charge in [-0.05, 0) is 67.2 Å². The monoisotopic (exact) mass is 409 g/mol. The molecular weight excluding hydrogens is 393 g/mol. The van der Waals surface area contributed by atoms with Gasteiger partial charge in [0.25, 0.3) is 0 Å². The molecule has 0 amide bonds. The van der Waals surface area contributed by atoms with E-state index in [2.05, 4.69) is 15.6 Å². The molecule has 7 heteroatoms. The van der Waals surface area contributed by atoms with Crippen LogP contribution in [-0.2, 0) is 0 Å². The van der Waals surface area contributed by atoms with Crippen molar-refractivity contribution < 1.29 is 9.50 Å². The number of phenolic OH excluding ortho intramolecular Hbond substituents is 1. The van der Waals surface area contributed by atoms with Crippen LogP contribution in [0.15, 0.2) is 60.7 Å². The number of hydrogen-bond donors (Lipinski definition) is 3. The average molecular weight is 410 g/mol. The number of nitrogens with zero attached hydrogens (tertiary/aromatic N) is 1. The molecule has 3 aromatic carbocycles. The number of hydrogen-bond acceptors (Lipinski definition) is 4. The van der Waals surface area contributed by atoms with E-state index in [1.54, 1.807) is 37.3 Å². The minimum atomic E-state index is -0.296. The molecule has 4 nitrogen and oxygen atoms in total. The molecule has 3 N–H and O–H groups in total. The first kappa shape index (κ1) is 18.3. The third-order valence-corrected chi connectivity index (χ3v) is 5.48. The van der Waals surface area contributed by atoms with Gasteiger partial charge >= 0.3 is 0 Å².